The Morgan fingerprint density at radius 2 is 2.00 bits per heavy atom. The predicted octanol–water partition coefficient (Wildman–Crippen LogP) is 4.55. The fourth-order valence-electron chi connectivity index (χ4n) is 3.51. The van der Waals surface area contributed by atoms with E-state index < -0.39 is 0 Å². The fraction of sp³-hybridized carbons (Fsp3) is 0.200. The number of likely N-dealkylation sites (N-methyl/N-ethyl adjacent to an activating group) is 1. The molecule has 1 aliphatic heterocycles. The maximum Gasteiger partial charge on any atom is 0.273 e. The standard InChI is InChI=1S/C20H18Cl2N4O/c1-26-10-16(15-8-13(21)9-18(22)17(15)11-26)12-2-4-14(5-3-12)24-20(27)19-6-7-23-25-19/h2-9,16H,10-11H2,1H3,(H,23,25)(H,24,27). The van der Waals surface area contributed by atoms with Gasteiger partial charge in [0.1, 0.15) is 5.69 Å². The monoisotopic (exact) mass is 400 g/mol. The van der Waals surface area contributed by atoms with Crippen molar-refractivity contribution >= 4 is 34.8 Å². The van der Waals surface area contributed by atoms with Crippen molar-refractivity contribution in [2.45, 2.75) is 12.5 Å². The molecule has 0 saturated carbocycles. The Labute approximate surface area is 167 Å². The molecule has 1 aromatic heterocycles. The van der Waals surface area contributed by atoms with Crippen LogP contribution in [0.4, 0.5) is 5.69 Å². The number of nitrogens with zero attached hydrogens (tertiary/aromatic N) is 2. The number of nitrogens with one attached hydrogen (secondary N) is 2. The summed E-state index contributed by atoms with van der Waals surface area (Å²) in [7, 11) is 2.08. The van der Waals surface area contributed by atoms with Gasteiger partial charge in [-0.3, -0.25) is 9.89 Å². The summed E-state index contributed by atoms with van der Waals surface area (Å²) in [6.07, 6.45) is 1.55. The summed E-state index contributed by atoms with van der Waals surface area (Å²) in [5, 5.41) is 10.7. The lowest BCUT2D eigenvalue weighted by Crippen LogP contribution is -2.31. The van der Waals surface area contributed by atoms with Gasteiger partial charge in [-0.05, 0) is 54.1 Å². The highest BCUT2D eigenvalue weighted by molar-refractivity contribution is 6.35. The molecule has 0 fully saturated rings. The minimum Gasteiger partial charge on any atom is -0.321 e. The summed E-state index contributed by atoms with van der Waals surface area (Å²) in [5.41, 5.74) is 4.59. The van der Waals surface area contributed by atoms with Crippen LogP contribution in [0, 0.1) is 0 Å². The van der Waals surface area contributed by atoms with Gasteiger partial charge in [0.2, 0.25) is 0 Å². The summed E-state index contributed by atoms with van der Waals surface area (Å²) in [6, 6.07) is 13.3. The van der Waals surface area contributed by atoms with E-state index in [9.17, 15) is 4.79 Å². The van der Waals surface area contributed by atoms with Crippen LogP contribution in [0.1, 0.15) is 33.1 Å². The number of benzene rings is 2. The van der Waals surface area contributed by atoms with Crippen LogP contribution in [0.15, 0.2) is 48.7 Å². The van der Waals surface area contributed by atoms with E-state index in [1.807, 2.05) is 30.3 Å². The third-order valence-electron chi connectivity index (χ3n) is 4.81. The Hall–Kier alpha value is -2.34. The number of carbonyl (C=O) groups is 1. The lowest BCUT2D eigenvalue weighted by molar-refractivity contribution is 0.102. The van der Waals surface area contributed by atoms with E-state index in [1.54, 1.807) is 18.3 Å². The average Bonchev–Trinajstić information content (AvgIpc) is 3.17. The molecule has 5 nitrogen and oxygen atoms in total. The van der Waals surface area contributed by atoms with Gasteiger partial charge in [-0.25, -0.2) is 0 Å². The van der Waals surface area contributed by atoms with Gasteiger partial charge < -0.3 is 10.2 Å². The quantitative estimate of drug-likeness (QED) is 0.677. The molecule has 0 spiro atoms. The molecule has 1 aliphatic rings. The number of aromatic nitrogens is 2. The number of carbonyl (C=O) groups excluding carboxylic acids is 1. The average molecular weight is 401 g/mol. The molecule has 0 saturated heterocycles. The van der Waals surface area contributed by atoms with Gasteiger partial charge in [0.15, 0.2) is 0 Å². The summed E-state index contributed by atoms with van der Waals surface area (Å²) in [6.45, 7) is 1.68. The highest BCUT2D eigenvalue weighted by atomic mass is 35.5. The number of halogens is 2. The van der Waals surface area contributed by atoms with Crippen molar-refractivity contribution in [2.75, 3.05) is 18.9 Å². The van der Waals surface area contributed by atoms with E-state index >= 15 is 0 Å². The molecule has 2 heterocycles. The molecular formula is C20H18Cl2N4O. The zero-order valence-corrected chi connectivity index (χ0v) is 16.2. The Bertz CT molecular complexity index is 970. The van der Waals surface area contributed by atoms with E-state index in [4.69, 9.17) is 23.2 Å². The van der Waals surface area contributed by atoms with Crippen LogP contribution >= 0.6 is 23.2 Å². The number of fused-ring (bicyclic) bond motifs is 1. The molecular weight excluding hydrogens is 383 g/mol. The van der Waals surface area contributed by atoms with Gasteiger partial charge in [-0.2, -0.15) is 5.10 Å². The van der Waals surface area contributed by atoms with Crippen LogP contribution in [0.5, 0.6) is 0 Å². The lowest BCUT2D eigenvalue weighted by atomic mass is 9.84. The van der Waals surface area contributed by atoms with Crippen LogP contribution in [0.3, 0.4) is 0 Å². The smallest absolute Gasteiger partial charge is 0.273 e. The van der Waals surface area contributed by atoms with Crippen LogP contribution in [0.25, 0.3) is 0 Å². The molecule has 2 N–H and O–H groups in total. The number of rotatable bonds is 3. The van der Waals surface area contributed by atoms with E-state index in [0.29, 0.717) is 15.7 Å². The van der Waals surface area contributed by atoms with Crippen molar-refractivity contribution in [2.24, 2.45) is 0 Å². The minimum absolute atomic E-state index is 0.173. The number of H-pyrrole nitrogens is 1. The van der Waals surface area contributed by atoms with Gasteiger partial charge >= 0.3 is 0 Å². The number of amides is 1. The molecule has 2 aromatic carbocycles. The fourth-order valence-corrected chi connectivity index (χ4v) is 4.08. The molecule has 138 valence electrons. The molecule has 1 atom stereocenters. The van der Waals surface area contributed by atoms with Gasteiger partial charge in [-0.15, -0.1) is 0 Å². The number of hydrogen-bond acceptors (Lipinski definition) is 3. The lowest BCUT2D eigenvalue weighted by Gasteiger charge is -2.33. The van der Waals surface area contributed by atoms with Crippen molar-refractivity contribution in [3.8, 4) is 0 Å². The first kappa shape index (κ1) is 18.0. The van der Waals surface area contributed by atoms with Crippen molar-refractivity contribution < 1.29 is 4.79 Å². The summed E-state index contributed by atoms with van der Waals surface area (Å²) in [5.74, 6) is -0.0473. The Kier molecular flexibility index (Phi) is 4.91. The van der Waals surface area contributed by atoms with E-state index in [2.05, 4.69) is 27.5 Å². The zero-order valence-electron chi connectivity index (χ0n) is 14.7. The van der Waals surface area contributed by atoms with Gasteiger partial charge in [0.25, 0.3) is 5.91 Å². The Morgan fingerprint density at radius 3 is 2.70 bits per heavy atom. The van der Waals surface area contributed by atoms with Crippen LogP contribution < -0.4 is 5.32 Å². The first-order valence-electron chi connectivity index (χ1n) is 8.58. The molecule has 1 amide bonds. The number of anilines is 1. The number of aromatic amines is 1. The summed E-state index contributed by atoms with van der Waals surface area (Å²) >= 11 is 12.7. The highest BCUT2D eigenvalue weighted by Crippen LogP contribution is 2.38. The first-order chi connectivity index (χ1) is 13.0. The summed E-state index contributed by atoms with van der Waals surface area (Å²) < 4.78 is 0. The second-order valence-corrected chi connectivity index (χ2v) is 7.59. The molecule has 3 aromatic rings. The predicted molar refractivity (Wildman–Crippen MR) is 108 cm³/mol. The second-order valence-electron chi connectivity index (χ2n) is 6.75. The molecule has 1 unspecified atom stereocenters. The maximum atomic E-state index is 12.1. The number of hydrogen-bond donors (Lipinski definition) is 2. The van der Waals surface area contributed by atoms with Crippen molar-refractivity contribution in [1.29, 1.82) is 0 Å². The molecule has 27 heavy (non-hydrogen) atoms. The SMILES string of the molecule is CN1Cc2c(Cl)cc(Cl)cc2C(c2ccc(NC(=O)c3ccn[nH]3)cc2)C1. The topological polar surface area (TPSA) is 61.0 Å². The molecule has 7 heteroatoms. The van der Waals surface area contributed by atoms with E-state index in [0.717, 1.165) is 29.9 Å². The Morgan fingerprint density at radius 1 is 1.22 bits per heavy atom. The molecule has 0 aliphatic carbocycles. The van der Waals surface area contributed by atoms with Crippen molar-refractivity contribution in [1.82, 2.24) is 15.1 Å². The molecule has 0 radical (unpaired) electrons. The van der Waals surface area contributed by atoms with Crippen LogP contribution in [-0.4, -0.2) is 34.6 Å². The molecule has 0 bridgehead atoms. The maximum absolute atomic E-state index is 12.1. The molecule has 4 rings (SSSR count). The van der Waals surface area contributed by atoms with Gasteiger partial charge in [0.05, 0.1) is 0 Å². The third kappa shape index (κ3) is 3.72. The van der Waals surface area contributed by atoms with Crippen molar-refractivity contribution in [3.05, 3.63) is 81.1 Å². The van der Waals surface area contributed by atoms with Gasteiger partial charge in [-0.1, -0.05) is 35.3 Å². The van der Waals surface area contributed by atoms with Crippen LogP contribution in [-0.2, 0) is 6.54 Å². The normalized spacial score (nSPS) is 16.8. The third-order valence-corrected chi connectivity index (χ3v) is 5.36. The van der Waals surface area contributed by atoms with Gasteiger partial charge in [0, 0.05) is 40.9 Å². The second kappa shape index (κ2) is 7.35. The van der Waals surface area contributed by atoms with Crippen molar-refractivity contribution in [3.63, 3.8) is 0 Å². The van der Waals surface area contributed by atoms with E-state index in [-0.39, 0.29) is 11.8 Å². The first-order valence-corrected chi connectivity index (χ1v) is 9.34. The highest BCUT2D eigenvalue weighted by Gasteiger charge is 2.27. The largest absolute Gasteiger partial charge is 0.321 e. The minimum atomic E-state index is -0.221. The van der Waals surface area contributed by atoms with E-state index in [1.165, 1.54) is 5.56 Å². The summed E-state index contributed by atoms with van der Waals surface area (Å²) in [4.78, 5) is 14.4. The van der Waals surface area contributed by atoms with Crippen LogP contribution in [0.2, 0.25) is 10.0 Å². The zero-order chi connectivity index (χ0) is 19.0. The Balaban J connectivity index is 1.60.